The summed E-state index contributed by atoms with van der Waals surface area (Å²) in [6.07, 6.45) is 0. The molecule has 0 aliphatic carbocycles. The van der Waals surface area contributed by atoms with Gasteiger partial charge in [-0.1, -0.05) is 35.5 Å². The van der Waals surface area contributed by atoms with Gasteiger partial charge in [-0.15, -0.1) is 0 Å². The van der Waals surface area contributed by atoms with E-state index in [-0.39, 0.29) is 11.9 Å². The van der Waals surface area contributed by atoms with E-state index < -0.39 is 0 Å². The molecule has 1 aromatic carbocycles. The van der Waals surface area contributed by atoms with Gasteiger partial charge in [0.1, 0.15) is 0 Å². The zero-order valence-corrected chi connectivity index (χ0v) is 11.4. The van der Waals surface area contributed by atoms with Gasteiger partial charge in [0, 0.05) is 32.7 Å². The van der Waals surface area contributed by atoms with E-state index in [1.165, 1.54) is 5.56 Å². The smallest absolute Gasteiger partial charge is 0.156 e. The second-order valence-corrected chi connectivity index (χ2v) is 5.00. The third-order valence-electron chi connectivity index (χ3n) is 3.75. The van der Waals surface area contributed by atoms with Crippen molar-refractivity contribution < 1.29 is 5.21 Å². The van der Waals surface area contributed by atoms with Crippen LogP contribution in [0.3, 0.4) is 0 Å². The number of nitrogens with two attached hydrogens (primary N) is 1. The lowest BCUT2D eigenvalue weighted by molar-refractivity contribution is 0.116. The highest BCUT2D eigenvalue weighted by Crippen LogP contribution is 2.10. The van der Waals surface area contributed by atoms with E-state index in [2.05, 4.69) is 39.2 Å². The maximum absolute atomic E-state index is 8.71. The summed E-state index contributed by atoms with van der Waals surface area (Å²) in [5.41, 5.74) is 7.00. The first-order valence-corrected chi connectivity index (χ1v) is 6.68. The average Bonchev–Trinajstić information content (AvgIpc) is 2.47. The Morgan fingerprint density at radius 3 is 2.47 bits per heavy atom. The van der Waals surface area contributed by atoms with E-state index in [9.17, 15) is 0 Å². The molecule has 0 bridgehead atoms. The standard InChI is InChI=1S/C14H22N4O/c1-12(14(15)16-19)18-9-7-17(8-10-18)11-13-5-3-2-4-6-13/h2-6,12,19H,7-11H2,1H3,(H2,15,16). The Morgan fingerprint density at radius 1 is 1.26 bits per heavy atom. The van der Waals surface area contributed by atoms with Gasteiger partial charge in [-0.25, -0.2) is 0 Å². The summed E-state index contributed by atoms with van der Waals surface area (Å²) in [6, 6.07) is 10.5. The van der Waals surface area contributed by atoms with Crippen molar-refractivity contribution in [2.75, 3.05) is 26.2 Å². The third-order valence-corrected chi connectivity index (χ3v) is 3.75. The fraction of sp³-hybridized carbons (Fsp3) is 0.500. The van der Waals surface area contributed by atoms with Crippen molar-refractivity contribution in [3.8, 4) is 0 Å². The number of hydrogen-bond donors (Lipinski definition) is 2. The van der Waals surface area contributed by atoms with Gasteiger partial charge >= 0.3 is 0 Å². The Morgan fingerprint density at radius 2 is 1.89 bits per heavy atom. The molecule has 19 heavy (non-hydrogen) atoms. The molecule has 1 aliphatic heterocycles. The number of rotatable bonds is 4. The van der Waals surface area contributed by atoms with Crippen LogP contribution in [0.5, 0.6) is 0 Å². The minimum absolute atomic E-state index is 0.00359. The molecule has 1 fully saturated rings. The van der Waals surface area contributed by atoms with Gasteiger partial charge in [-0.2, -0.15) is 0 Å². The molecule has 5 nitrogen and oxygen atoms in total. The first kappa shape index (κ1) is 13.8. The van der Waals surface area contributed by atoms with Crippen LogP contribution in [0.2, 0.25) is 0 Å². The molecule has 0 amide bonds. The Kier molecular flexibility index (Phi) is 4.76. The molecule has 2 rings (SSSR count). The van der Waals surface area contributed by atoms with E-state index in [0.717, 1.165) is 32.7 Å². The summed E-state index contributed by atoms with van der Waals surface area (Å²) in [4.78, 5) is 4.68. The van der Waals surface area contributed by atoms with Gasteiger partial charge in [-0.3, -0.25) is 9.80 Å². The molecule has 0 spiro atoms. The second kappa shape index (κ2) is 6.54. The van der Waals surface area contributed by atoms with Crippen LogP contribution >= 0.6 is 0 Å². The van der Waals surface area contributed by atoms with Gasteiger partial charge in [0.15, 0.2) is 5.84 Å². The first-order chi connectivity index (χ1) is 9.20. The molecule has 1 aromatic rings. The normalized spacial score (nSPS) is 20.4. The second-order valence-electron chi connectivity index (χ2n) is 5.00. The maximum Gasteiger partial charge on any atom is 0.156 e. The fourth-order valence-electron chi connectivity index (χ4n) is 2.42. The lowest BCUT2D eigenvalue weighted by atomic mass is 10.1. The predicted octanol–water partition coefficient (Wildman–Crippen LogP) is 0.939. The quantitative estimate of drug-likeness (QED) is 0.367. The first-order valence-electron chi connectivity index (χ1n) is 6.68. The highest BCUT2D eigenvalue weighted by Gasteiger charge is 2.23. The number of oxime groups is 1. The molecule has 0 radical (unpaired) electrons. The van der Waals surface area contributed by atoms with Crippen molar-refractivity contribution in [1.29, 1.82) is 0 Å². The van der Waals surface area contributed by atoms with Crippen LogP contribution in [-0.4, -0.2) is 53.1 Å². The van der Waals surface area contributed by atoms with Gasteiger partial charge in [0.05, 0.1) is 6.04 Å². The summed E-state index contributed by atoms with van der Waals surface area (Å²) in [6.45, 7) is 6.89. The van der Waals surface area contributed by atoms with Crippen LogP contribution in [0.4, 0.5) is 0 Å². The molecular formula is C14H22N4O. The summed E-state index contributed by atoms with van der Waals surface area (Å²) in [5.74, 6) is 0.288. The summed E-state index contributed by atoms with van der Waals surface area (Å²) in [5, 5.41) is 11.8. The van der Waals surface area contributed by atoms with Crippen molar-refractivity contribution in [3.63, 3.8) is 0 Å². The summed E-state index contributed by atoms with van der Waals surface area (Å²) >= 11 is 0. The van der Waals surface area contributed by atoms with Crippen molar-refractivity contribution >= 4 is 5.84 Å². The molecule has 1 unspecified atom stereocenters. The van der Waals surface area contributed by atoms with Crippen LogP contribution in [0.15, 0.2) is 35.5 Å². The third kappa shape index (κ3) is 3.68. The number of piperazine rings is 1. The van der Waals surface area contributed by atoms with E-state index in [0.29, 0.717) is 0 Å². The molecule has 0 aromatic heterocycles. The van der Waals surface area contributed by atoms with Crippen molar-refractivity contribution in [3.05, 3.63) is 35.9 Å². The molecule has 5 heteroatoms. The van der Waals surface area contributed by atoms with Gasteiger partial charge in [-0.05, 0) is 12.5 Å². The monoisotopic (exact) mass is 262 g/mol. The van der Waals surface area contributed by atoms with E-state index in [1.807, 2.05) is 13.0 Å². The van der Waals surface area contributed by atoms with E-state index >= 15 is 0 Å². The molecular weight excluding hydrogens is 240 g/mol. The predicted molar refractivity (Wildman–Crippen MR) is 76.2 cm³/mol. The lowest BCUT2D eigenvalue weighted by Crippen LogP contribution is -2.52. The number of amidine groups is 1. The van der Waals surface area contributed by atoms with Gasteiger partial charge in [0.2, 0.25) is 0 Å². The molecule has 0 saturated carbocycles. The molecule has 1 atom stereocenters. The topological polar surface area (TPSA) is 65.1 Å². The number of nitrogens with zero attached hydrogens (tertiary/aromatic N) is 3. The summed E-state index contributed by atoms with van der Waals surface area (Å²) < 4.78 is 0. The van der Waals surface area contributed by atoms with Gasteiger partial charge < -0.3 is 10.9 Å². The molecule has 1 saturated heterocycles. The maximum atomic E-state index is 8.71. The van der Waals surface area contributed by atoms with Crippen LogP contribution in [0.1, 0.15) is 12.5 Å². The Bertz CT molecular complexity index is 413. The summed E-state index contributed by atoms with van der Waals surface area (Å²) in [7, 11) is 0. The molecule has 1 aliphatic rings. The van der Waals surface area contributed by atoms with Crippen molar-refractivity contribution in [2.24, 2.45) is 10.9 Å². The van der Waals surface area contributed by atoms with E-state index in [4.69, 9.17) is 10.9 Å². The highest BCUT2D eigenvalue weighted by atomic mass is 16.4. The highest BCUT2D eigenvalue weighted by molar-refractivity contribution is 5.84. The van der Waals surface area contributed by atoms with Gasteiger partial charge in [0.25, 0.3) is 0 Å². The van der Waals surface area contributed by atoms with Crippen molar-refractivity contribution in [2.45, 2.75) is 19.5 Å². The fourth-order valence-corrected chi connectivity index (χ4v) is 2.42. The Balaban J connectivity index is 1.83. The Hall–Kier alpha value is -1.59. The lowest BCUT2D eigenvalue weighted by Gasteiger charge is -2.37. The number of benzene rings is 1. The Labute approximate surface area is 114 Å². The molecule has 3 N–H and O–H groups in total. The minimum Gasteiger partial charge on any atom is -0.409 e. The SMILES string of the molecule is CC(C(N)=NO)N1CCN(Cc2ccccc2)CC1. The van der Waals surface area contributed by atoms with Crippen LogP contribution in [0.25, 0.3) is 0 Å². The molecule has 1 heterocycles. The number of hydrogen-bond acceptors (Lipinski definition) is 4. The largest absolute Gasteiger partial charge is 0.409 e. The zero-order valence-electron chi connectivity index (χ0n) is 11.4. The van der Waals surface area contributed by atoms with Crippen molar-refractivity contribution in [1.82, 2.24) is 9.80 Å². The molecule has 104 valence electrons. The average molecular weight is 262 g/mol. The van der Waals surface area contributed by atoms with E-state index in [1.54, 1.807) is 0 Å². The minimum atomic E-state index is 0.00359. The van der Waals surface area contributed by atoms with Crippen LogP contribution in [-0.2, 0) is 6.54 Å². The van der Waals surface area contributed by atoms with Crippen LogP contribution in [0, 0.1) is 0 Å². The zero-order chi connectivity index (χ0) is 13.7. The van der Waals surface area contributed by atoms with Crippen LogP contribution < -0.4 is 5.73 Å².